The maximum atomic E-state index is 12.6. The highest BCUT2D eigenvalue weighted by Gasteiger charge is 2.31. The molecule has 1 fully saturated rings. The van der Waals surface area contributed by atoms with Gasteiger partial charge < -0.3 is 4.90 Å². The van der Waals surface area contributed by atoms with Crippen LogP contribution in [0.1, 0.15) is 10.4 Å². The second-order valence-electron chi connectivity index (χ2n) is 5.96. The summed E-state index contributed by atoms with van der Waals surface area (Å²) in [6.07, 6.45) is 0. The predicted octanol–water partition coefficient (Wildman–Crippen LogP) is 1.89. The number of hydrogen-bond donors (Lipinski definition) is 0. The maximum Gasteiger partial charge on any atom is 0.341 e. The van der Waals surface area contributed by atoms with E-state index in [2.05, 4.69) is 0 Å². The van der Waals surface area contributed by atoms with Crippen molar-refractivity contribution in [3.8, 4) is 0 Å². The summed E-state index contributed by atoms with van der Waals surface area (Å²) in [5.74, 6) is -3.96. The lowest BCUT2D eigenvalue weighted by molar-refractivity contribution is 0.0698. The third-order valence-corrected chi connectivity index (χ3v) is 8.95. The number of amides is 1. The van der Waals surface area contributed by atoms with Crippen molar-refractivity contribution in [2.24, 2.45) is 0 Å². The van der Waals surface area contributed by atoms with Crippen molar-refractivity contribution in [2.45, 2.75) is 14.9 Å². The molecule has 1 aliphatic rings. The number of carbonyl (C=O) groups is 1. The van der Waals surface area contributed by atoms with E-state index in [-0.39, 0.29) is 36.0 Å². The smallest absolute Gasteiger partial charge is 0.336 e. The summed E-state index contributed by atoms with van der Waals surface area (Å²) >= 11 is 1.12. The molecule has 12 heteroatoms. The Balaban J connectivity index is 1.67. The Morgan fingerprint density at radius 1 is 0.964 bits per heavy atom. The van der Waals surface area contributed by atoms with Gasteiger partial charge >= 0.3 is 5.76 Å². The summed E-state index contributed by atoms with van der Waals surface area (Å²) in [5.41, 5.74) is 0.141. The second kappa shape index (κ2) is 7.85. The van der Waals surface area contributed by atoms with Gasteiger partial charge in [-0.05, 0) is 35.7 Å². The van der Waals surface area contributed by atoms with Crippen LogP contribution in [-0.4, -0.2) is 63.9 Å². The van der Waals surface area contributed by atoms with Gasteiger partial charge in [-0.15, -0.1) is 11.3 Å². The summed E-state index contributed by atoms with van der Waals surface area (Å²) in [6, 6.07) is 7.44. The molecule has 1 saturated heterocycles. The lowest BCUT2D eigenvalue weighted by Gasteiger charge is -2.33. The Morgan fingerprint density at radius 3 is 2.07 bits per heavy atom. The normalized spacial score (nSPS) is 16.5. The first-order valence-corrected chi connectivity index (χ1v) is 12.0. The molecule has 7 nitrogen and oxygen atoms in total. The highest BCUT2D eigenvalue weighted by atomic mass is 32.2. The van der Waals surface area contributed by atoms with E-state index in [0.717, 1.165) is 23.5 Å². The first-order chi connectivity index (χ1) is 13.1. The molecule has 1 aromatic carbocycles. The minimum absolute atomic E-state index is 0.129. The van der Waals surface area contributed by atoms with Gasteiger partial charge in [0.2, 0.25) is 9.84 Å². The third kappa shape index (κ3) is 3.95. The van der Waals surface area contributed by atoms with Gasteiger partial charge in [0.15, 0.2) is 0 Å². The van der Waals surface area contributed by atoms with Crippen LogP contribution in [0.3, 0.4) is 0 Å². The molecule has 0 unspecified atom stereocenters. The third-order valence-electron chi connectivity index (χ3n) is 4.28. The highest BCUT2D eigenvalue weighted by molar-refractivity contribution is 7.91. The van der Waals surface area contributed by atoms with Crippen LogP contribution in [0, 0.1) is 0 Å². The van der Waals surface area contributed by atoms with Crippen LogP contribution in [-0.2, 0) is 19.9 Å². The molecule has 152 valence electrons. The molecule has 3 rings (SSSR count). The summed E-state index contributed by atoms with van der Waals surface area (Å²) in [7, 11) is -8.31. The number of nitrogens with zero attached hydrogens (tertiary/aromatic N) is 2. The maximum absolute atomic E-state index is 12.6. The Hall–Kier alpha value is -1.89. The van der Waals surface area contributed by atoms with Gasteiger partial charge in [0.1, 0.15) is 4.21 Å². The van der Waals surface area contributed by atoms with Crippen molar-refractivity contribution in [3.05, 3.63) is 47.3 Å². The standard InChI is InChI=1S/C16H16F2N2O5S3/c17-16(18)27(22,23)13-5-3-12(4-6-13)15(21)19-7-9-20(10-8-19)28(24,25)14-2-1-11-26-14/h1-6,11,16H,7-10H2. The quantitative estimate of drug-likeness (QED) is 0.694. The SMILES string of the molecule is O=C(c1ccc(S(=O)(=O)C(F)F)cc1)N1CCN(S(=O)(=O)c2cccs2)CC1. The van der Waals surface area contributed by atoms with E-state index in [1.165, 1.54) is 27.4 Å². The fraction of sp³-hybridized carbons (Fsp3) is 0.312. The lowest BCUT2D eigenvalue weighted by Crippen LogP contribution is -2.50. The van der Waals surface area contributed by atoms with Crippen LogP contribution < -0.4 is 0 Å². The number of sulfone groups is 1. The zero-order valence-corrected chi connectivity index (χ0v) is 16.8. The lowest BCUT2D eigenvalue weighted by atomic mass is 10.2. The Kier molecular flexibility index (Phi) is 5.84. The fourth-order valence-electron chi connectivity index (χ4n) is 2.74. The van der Waals surface area contributed by atoms with Crippen LogP contribution in [0.25, 0.3) is 0 Å². The predicted molar refractivity (Wildman–Crippen MR) is 98.6 cm³/mol. The van der Waals surface area contributed by atoms with Gasteiger partial charge in [0.25, 0.3) is 15.9 Å². The largest absolute Gasteiger partial charge is 0.341 e. The monoisotopic (exact) mass is 450 g/mol. The van der Waals surface area contributed by atoms with E-state index < -0.39 is 36.4 Å². The Labute approximate surface area is 165 Å². The van der Waals surface area contributed by atoms with E-state index in [1.807, 2.05) is 0 Å². The Morgan fingerprint density at radius 2 is 1.57 bits per heavy atom. The topological polar surface area (TPSA) is 91.8 Å². The molecule has 0 aliphatic carbocycles. The van der Waals surface area contributed by atoms with E-state index in [0.29, 0.717) is 0 Å². The first-order valence-electron chi connectivity index (χ1n) is 8.09. The van der Waals surface area contributed by atoms with Gasteiger partial charge in [-0.2, -0.15) is 13.1 Å². The van der Waals surface area contributed by atoms with Crippen LogP contribution in [0.15, 0.2) is 50.9 Å². The molecule has 0 N–H and O–H groups in total. The number of halogens is 2. The molecule has 2 aromatic rings. The average Bonchev–Trinajstić information content (AvgIpc) is 3.23. The molecule has 0 saturated carbocycles. The Bertz CT molecular complexity index is 1040. The average molecular weight is 451 g/mol. The van der Waals surface area contributed by atoms with Crippen molar-refractivity contribution in [2.75, 3.05) is 26.2 Å². The van der Waals surface area contributed by atoms with Crippen LogP contribution >= 0.6 is 11.3 Å². The van der Waals surface area contributed by atoms with Crippen molar-refractivity contribution < 1.29 is 30.4 Å². The molecule has 1 aromatic heterocycles. The number of piperazine rings is 1. The van der Waals surface area contributed by atoms with Crippen molar-refractivity contribution in [1.29, 1.82) is 0 Å². The van der Waals surface area contributed by atoms with Crippen molar-refractivity contribution in [1.82, 2.24) is 9.21 Å². The minimum Gasteiger partial charge on any atom is -0.336 e. The number of rotatable bonds is 5. The molecule has 28 heavy (non-hydrogen) atoms. The first kappa shape index (κ1) is 20.8. The van der Waals surface area contributed by atoms with E-state index in [9.17, 15) is 30.4 Å². The van der Waals surface area contributed by atoms with E-state index in [4.69, 9.17) is 0 Å². The van der Waals surface area contributed by atoms with Crippen molar-refractivity contribution >= 4 is 37.1 Å². The number of sulfonamides is 1. The molecule has 1 amide bonds. The molecule has 0 atom stereocenters. The number of thiophene rings is 1. The van der Waals surface area contributed by atoms with Gasteiger partial charge in [-0.3, -0.25) is 4.79 Å². The number of carbonyl (C=O) groups excluding carboxylic acids is 1. The molecule has 0 bridgehead atoms. The van der Waals surface area contributed by atoms with Crippen LogP contribution in [0.4, 0.5) is 8.78 Å². The van der Waals surface area contributed by atoms with Gasteiger partial charge in [0, 0.05) is 31.7 Å². The fourth-order valence-corrected chi connectivity index (χ4v) is 6.03. The number of hydrogen-bond acceptors (Lipinski definition) is 6. The number of alkyl halides is 2. The van der Waals surface area contributed by atoms with Gasteiger partial charge in [-0.1, -0.05) is 6.07 Å². The molecular weight excluding hydrogens is 434 g/mol. The summed E-state index contributed by atoms with van der Waals surface area (Å²) in [5, 5.41) is 1.67. The zero-order valence-electron chi connectivity index (χ0n) is 14.4. The van der Waals surface area contributed by atoms with Gasteiger partial charge in [0.05, 0.1) is 4.90 Å². The summed E-state index contributed by atoms with van der Waals surface area (Å²) in [4.78, 5) is 13.4. The minimum atomic E-state index is -4.72. The molecule has 0 radical (unpaired) electrons. The summed E-state index contributed by atoms with van der Waals surface area (Å²) in [6.45, 7) is 0.592. The molecule has 2 heterocycles. The number of benzene rings is 1. The highest BCUT2D eigenvalue weighted by Crippen LogP contribution is 2.23. The molecule has 0 spiro atoms. The van der Waals surface area contributed by atoms with Crippen molar-refractivity contribution in [3.63, 3.8) is 0 Å². The van der Waals surface area contributed by atoms with E-state index in [1.54, 1.807) is 11.4 Å². The van der Waals surface area contributed by atoms with Gasteiger partial charge in [-0.25, -0.2) is 16.8 Å². The summed E-state index contributed by atoms with van der Waals surface area (Å²) < 4.78 is 74.5. The van der Waals surface area contributed by atoms with E-state index >= 15 is 0 Å². The molecule has 1 aliphatic heterocycles. The molecular formula is C16H16F2N2O5S3. The second-order valence-corrected chi connectivity index (χ2v) is 11.0. The van der Waals surface area contributed by atoms with Crippen LogP contribution in [0.5, 0.6) is 0 Å². The van der Waals surface area contributed by atoms with Crippen LogP contribution in [0.2, 0.25) is 0 Å². The zero-order chi connectivity index (χ0) is 20.5.